The van der Waals surface area contributed by atoms with Gasteiger partial charge in [-0.05, 0) is 71.9 Å². The fourth-order valence-corrected chi connectivity index (χ4v) is 5.14. The van der Waals surface area contributed by atoms with Crippen LogP contribution < -0.4 is 0 Å². The molecule has 2 aromatic carbocycles. The second-order valence-electron chi connectivity index (χ2n) is 9.24. The third kappa shape index (κ3) is 3.71. The fourth-order valence-electron chi connectivity index (χ4n) is 5.14. The van der Waals surface area contributed by atoms with Crippen molar-refractivity contribution in [2.45, 2.75) is 73.2 Å². The van der Waals surface area contributed by atoms with Gasteiger partial charge >= 0.3 is 0 Å². The Balaban J connectivity index is 1.62. The minimum absolute atomic E-state index is 0.176. The van der Waals surface area contributed by atoms with Gasteiger partial charge in [0.25, 0.3) is 0 Å². The molecule has 0 bridgehead atoms. The number of hydrogen-bond donors (Lipinski definition) is 0. The zero-order chi connectivity index (χ0) is 21.4. The molecular weight excluding hydrogens is 368 g/mol. The third-order valence-corrected chi connectivity index (χ3v) is 7.61. The van der Waals surface area contributed by atoms with E-state index < -0.39 is 0 Å². The van der Waals surface area contributed by atoms with Gasteiger partial charge in [-0.15, -0.1) is 0 Å². The van der Waals surface area contributed by atoms with Crippen molar-refractivity contribution in [2.75, 3.05) is 0 Å². The molecule has 1 saturated heterocycles. The molecular formula is C28H36O2. The molecule has 0 saturated carbocycles. The van der Waals surface area contributed by atoms with Crippen LogP contribution in [0.25, 0.3) is 16.9 Å². The van der Waals surface area contributed by atoms with Crippen molar-refractivity contribution < 1.29 is 9.47 Å². The zero-order valence-electron chi connectivity index (χ0n) is 19.4. The van der Waals surface area contributed by atoms with Gasteiger partial charge in [-0.3, -0.25) is 0 Å². The van der Waals surface area contributed by atoms with Gasteiger partial charge in [-0.1, -0.05) is 71.0 Å². The van der Waals surface area contributed by atoms with Crippen molar-refractivity contribution in [1.29, 1.82) is 0 Å². The first-order chi connectivity index (χ1) is 14.4. The first kappa shape index (κ1) is 21.2. The van der Waals surface area contributed by atoms with Crippen LogP contribution >= 0.6 is 0 Å². The lowest BCUT2D eigenvalue weighted by Crippen LogP contribution is -2.45. The summed E-state index contributed by atoms with van der Waals surface area (Å²) >= 11 is 0. The molecule has 160 valence electrons. The molecule has 0 amide bonds. The van der Waals surface area contributed by atoms with Crippen LogP contribution in [0.1, 0.15) is 63.3 Å². The number of ether oxygens (including phenoxy) is 2. The molecule has 30 heavy (non-hydrogen) atoms. The highest BCUT2D eigenvalue weighted by molar-refractivity contribution is 5.79. The van der Waals surface area contributed by atoms with Crippen molar-refractivity contribution in [3.8, 4) is 11.1 Å². The summed E-state index contributed by atoms with van der Waals surface area (Å²) in [5.74, 6) is 2.52. The SMILES string of the molecule is CCc1ccc(-c2ccc3c(c2C)C(OC2OC(CC)C(C)C(C)C2C)=CC3)cc1. The number of benzene rings is 2. The van der Waals surface area contributed by atoms with E-state index in [2.05, 4.69) is 84.0 Å². The minimum Gasteiger partial charge on any atom is -0.464 e. The zero-order valence-corrected chi connectivity index (χ0v) is 19.4. The standard InChI is InChI=1S/C28H36O2/c1-7-21-9-11-22(12-10-21)24-15-13-23-14-16-26(27(23)20(24)6)30-28-19(5)17(3)18(4)25(8-2)29-28/h9-13,15-19,25,28H,7-8,14H2,1-6H3. The lowest BCUT2D eigenvalue weighted by Gasteiger charge is -2.43. The van der Waals surface area contributed by atoms with Crippen LogP contribution in [0.3, 0.4) is 0 Å². The van der Waals surface area contributed by atoms with Gasteiger partial charge in [0.05, 0.1) is 6.10 Å². The second-order valence-corrected chi connectivity index (χ2v) is 9.24. The van der Waals surface area contributed by atoms with Gasteiger partial charge in [0.1, 0.15) is 5.76 Å². The average molecular weight is 405 g/mol. The first-order valence-electron chi connectivity index (χ1n) is 11.7. The maximum atomic E-state index is 6.59. The molecule has 2 nitrogen and oxygen atoms in total. The predicted octanol–water partition coefficient (Wildman–Crippen LogP) is 7.18. The molecule has 1 fully saturated rings. The summed E-state index contributed by atoms with van der Waals surface area (Å²) in [6.07, 6.45) is 5.37. The fraction of sp³-hybridized carbons (Fsp3) is 0.500. The Hall–Kier alpha value is -2.06. The Kier molecular flexibility index (Phi) is 6.06. The van der Waals surface area contributed by atoms with Crippen LogP contribution in [0.5, 0.6) is 0 Å². The van der Waals surface area contributed by atoms with Crippen molar-refractivity contribution in [2.24, 2.45) is 17.8 Å². The van der Waals surface area contributed by atoms with E-state index in [0.717, 1.165) is 25.0 Å². The molecule has 0 radical (unpaired) electrons. The van der Waals surface area contributed by atoms with Crippen molar-refractivity contribution in [1.82, 2.24) is 0 Å². The van der Waals surface area contributed by atoms with E-state index in [4.69, 9.17) is 9.47 Å². The first-order valence-corrected chi connectivity index (χ1v) is 11.7. The van der Waals surface area contributed by atoms with Crippen LogP contribution in [0.4, 0.5) is 0 Å². The summed E-state index contributed by atoms with van der Waals surface area (Å²) in [6, 6.07) is 13.5. The highest BCUT2D eigenvalue weighted by atomic mass is 16.7. The Labute approximate surface area is 182 Å². The largest absolute Gasteiger partial charge is 0.464 e. The Morgan fingerprint density at radius 3 is 2.33 bits per heavy atom. The number of allylic oxidation sites excluding steroid dienone is 1. The molecule has 5 atom stereocenters. The maximum Gasteiger partial charge on any atom is 0.202 e. The Morgan fingerprint density at radius 1 is 0.933 bits per heavy atom. The predicted molar refractivity (Wildman–Crippen MR) is 125 cm³/mol. The molecule has 2 aliphatic rings. The van der Waals surface area contributed by atoms with Gasteiger partial charge in [0.2, 0.25) is 6.29 Å². The van der Waals surface area contributed by atoms with E-state index in [1.54, 1.807) is 0 Å². The quantitative estimate of drug-likeness (QED) is 0.525. The molecule has 5 unspecified atom stereocenters. The summed E-state index contributed by atoms with van der Waals surface area (Å²) < 4.78 is 13.0. The van der Waals surface area contributed by atoms with Crippen LogP contribution in [0.15, 0.2) is 42.5 Å². The molecule has 1 aliphatic heterocycles. The number of fused-ring (bicyclic) bond motifs is 1. The molecule has 0 aromatic heterocycles. The van der Waals surface area contributed by atoms with Crippen LogP contribution in [-0.2, 0) is 22.3 Å². The topological polar surface area (TPSA) is 18.5 Å². The summed E-state index contributed by atoms with van der Waals surface area (Å²) in [6.45, 7) is 13.6. The van der Waals surface area contributed by atoms with E-state index in [1.807, 2.05) is 0 Å². The monoisotopic (exact) mass is 404 g/mol. The number of aryl methyl sites for hydroxylation is 1. The Bertz CT molecular complexity index is 922. The summed E-state index contributed by atoms with van der Waals surface area (Å²) in [5.41, 5.74) is 7.86. The van der Waals surface area contributed by atoms with Crippen LogP contribution in [-0.4, -0.2) is 12.4 Å². The number of hydrogen-bond acceptors (Lipinski definition) is 2. The van der Waals surface area contributed by atoms with E-state index in [1.165, 1.54) is 33.4 Å². The molecule has 2 heteroatoms. The number of rotatable bonds is 5. The summed E-state index contributed by atoms with van der Waals surface area (Å²) in [4.78, 5) is 0. The van der Waals surface area contributed by atoms with E-state index in [9.17, 15) is 0 Å². The third-order valence-electron chi connectivity index (χ3n) is 7.61. The normalized spacial score (nSPS) is 28.2. The highest BCUT2D eigenvalue weighted by Crippen LogP contribution is 2.42. The Morgan fingerprint density at radius 2 is 1.67 bits per heavy atom. The summed E-state index contributed by atoms with van der Waals surface area (Å²) in [5, 5.41) is 0. The van der Waals surface area contributed by atoms with E-state index in [-0.39, 0.29) is 12.4 Å². The van der Waals surface area contributed by atoms with Gasteiger partial charge in [-0.25, -0.2) is 0 Å². The van der Waals surface area contributed by atoms with Crippen molar-refractivity contribution in [3.05, 3.63) is 64.7 Å². The minimum atomic E-state index is -0.176. The van der Waals surface area contributed by atoms with Gasteiger partial charge in [0, 0.05) is 11.5 Å². The van der Waals surface area contributed by atoms with Gasteiger partial charge < -0.3 is 9.47 Å². The van der Waals surface area contributed by atoms with Crippen molar-refractivity contribution >= 4 is 5.76 Å². The molecule has 1 aliphatic carbocycles. The van der Waals surface area contributed by atoms with Crippen molar-refractivity contribution in [3.63, 3.8) is 0 Å². The molecule has 0 N–H and O–H groups in total. The average Bonchev–Trinajstić information content (AvgIpc) is 3.18. The van der Waals surface area contributed by atoms with Crippen LogP contribution in [0, 0.1) is 24.7 Å². The second kappa shape index (κ2) is 8.59. The lowest BCUT2D eigenvalue weighted by molar-refractivity contribution is -0.222. The van der Waals surface area contributed by atoms with Crippen LogP contribution in [0.2, 0.25) is 0 Å². The maximum absolute atomic E-state index is 6.59. The van der Waals surface area contributed by atoms with Gasteiger partial charge in [0.15, 0.2) is 0 Å². The summed E-state index contributed by atoms with van der Waals surface area (Å²) in [7, 11) is 0. The smallest absolute Gasteiger partial charge is 0.202 e. The molecule has 1 heterocycles. The lowest BCUT2D eigenvalue weighted by atomic mass is 9.78. The van der Waals surface area contributed by atoms with E-state index >= 15 is 0 Å². The molecule has 2 aromatic rings. The molecule has 4 rings (SSSR count). The van der Waals surface area contributed by atoms with E-state index in [0.29, 0.717) is 17.8 Å². The van der Waals surface area contributed by atoms with Gasteiger partial charge in [-0.2, -0.15) is 0 Å². The molecule has 0 spiro atoms. The highest BCUT2D eigenvalue weighted by Gasteiger charge is 2.40.